The Hall–Kier alpha value is -1.77. The van der Waals surface area contributed by atoms with Crippen molar-refractivity contribution in [1.82, 2.24) is 0 Å². The van der Waals surface area contributed by atoms with E-state index in [1.54, 1.807) is 12.5 Å². The first-order valence-electron chi connectivity index (χ1n) is 10.0. The Kier molecular flexibility index (Phi) is 22.9. The number of allylic oxidation sites excluding steroid dienone is 6. The highest BCUT2D eigenvalue weighted by molar-refractivity contribution is 5.56. The highest BCUT2D eigenvalue weighted by Gasteiger charge is 2.29. The molecular weight excluding hydrogens is 376 g/mol. The SMILES string of the molecule is CCCC/C=C/C=C/O/C=C/C=C/CCCC.O=C[C@H](O)[C@@H](O)[C@H](O)[C@H](O)CO. The van der Waals surface area contributed by atoms with E-state index in [1.165, 1.54) is 25.7 Å². The smallest absolute Gasteiger partial charge is 0.151 e. The molecule has 29 heavy (non-hydrogen) atoms. The predicted molar refractivity (Wildman–Crippen MR) is 114 cm³/mol. The molecule has 0 aromatic carbocycles. The summed E-state index contributed by atoms with van der Waals surface area (Å²) < 4.78 is 5.18. The van der Waals surface area contributed by atoms with Crippen LogP contribution >= 0.6 is 0 Å². The highest BCUT2D eigenvalue weighted by Crippen LogP contribution is 2.03. The normalized spacial score (nSPS) is 16.1. The summed E-state index contributed by atoms with van der Waals surface area (Å²) in [4.78, 5) is 9.90. The molecule has 0 aromatic rings. The number of aliphatic hydroxyl groups is 5. The Morgan fingerprint density at radius 1 is 0.793 bits per heavy atom. The first-order chi connectivity index (χ1) is 14.0. The molecule has 0 rings (SSSR count). The van der Waals surface area contributed by atoms with E-state index in [9.17, 15) is 4.79 Å². The molecule has 0 aliphatic rings. The van der Waals surface area contributed by atoms with Gasteiger partial charge in [0, 0.05) is 0 Å². The molecule has 0 radical (unpaired) electrons. The van der Waals surface area contributed by atoms with Crippen LogP contribution in [0.15, 0.2) is 49.0 Å². The monoisotopic (exact) mass is 414 g/mol. The van der Waals surface area contributed by atoms with Crippen LogP contribution in [0.2, 0.25) is 0 Å². The van der Waals surface area contributed by atoms with Crippen LogP contribution in [0.4, 0.5) is 0 Å². The lowest BCUT2D eigenvalue weighted by Gasteiger charge is -2.22. The fraction of sp³-hybridized carbons (Fsp3) is 0.591. The summed E-state index contributed by atoms with van der Waals surface area (Å²) in [5, 5.41) is 43.5. The third kappa shape index (κ3) is 19.3. The maximum atomic E-state index is 9.90. The van der Waals surface area contributed by atoms with Gasteiger partial charge in [0.25, 0.3) is 0 Å². The molecule has 0 spiro atoms. The van der Waals surface area contributed by atoms with Crippen LogP contribution in [0.3, 0.4) is 0 Å². The number of hydrogen-bond acceptors (Lipinski definition) is 7. The van der Waals surface area contributed by atoms with Crippen LogP contribution in [-0.4, -0.2) is 62.8 Å². The van der Waals surface area contributed by atoms with Crippen molar-refractivity contribution in [1.29, 1.82) is 0 Å². The molecule has 4 atom stereocenters. The second-order valence-electron chi connectivity index (χ2n) is 6.29. The molecule has 0 saturated heterocycles. The molecule has 0 aromatic heterocycles. The van der Waals surface area contributed by atoms with E-state index in [2.05, 4.69) is 26.0 Å². The second-order valence-corrected chi connectivity index (χ2v) is 6.29. The van der Waals surface area contributed by atoms with Crippen LogP contribution in [0.25, 0.3) is 0 Å². The average Bonchev–Trinajstić information content (AvgIpc) is 2.75. The first kappa shape index (κ1) is 29.4. The summed E-state index contributed by atoms with van der Waals surface area (Å²) in [6.45, 7) is 3.64. The Labute approximate surface area is 174 Å². The average molecular weight is 415 g/mol. The molecule has 0 amide bonds. The minimum atomic E-state index is -1.79. The molecule has 0 fully saturated rings. The summed E-state index contributed by atoms with van der Waals surface area (Å²) in [6.07, 6.45) is 16.1. The molecule has 0 unspecified atom stereocenters. The summed E-state index contributed by atoms with van der Waals surface area (Å²) >= 11 is 0. The van der Waals surface area contributed by atoms with E-state index in [0.717, 1.165) is 12.8 Å². The fourth-order valence-electron chi connectivity index (χ4n) is 1.84. The summed E-state index contributed by atoms with van der Waals surface area (Å²) in [5.74, 6) is 0. The molecule has 0 bridgehead atoms. The van der Waals surface area contributed by atoms with Gasteiger partial charge >= 0.3 is 0 Å². The first-order valence-corrected chi connectivity index (χ1v) is 10.0. The van der Waals surface area contributed by atoms with Crippen LogP contribution in [0.5, 0.6) is 0 Å². The zero-order chi connectivity index (χ0) is 22.3. The topological polar surface area (TPSA) is 127 Å². The van der Waals surface area contributed by atoms with Gasteiger partial charge in [-0.3, -0.25) is 0 Å². The van der Waals surface area contributed by atoms with E-state index in [-0.39, 0.29) is 6.29 Å². The molecule has 168 valence electrons. The minimum absolute atomic E-state index is 0.0258. The third-order valence-electron chi connectivity index (χ3n) is 3.68. The van der Waals surface area contributed by atoms with Gasteiger partial charge in [0.1, 0.15) is 24.4 Å². The highest BCUT2D eigenvalue weighted by atomic mass is 16.5. The van der Waals surface area contributed by atoms with Crippen LogP contribution in [0.1, 0.15) is 52.4 Å². The Morgan fingerprint density at radius 2 is 1.28 bits per heavy atom. The van der Waals surface area contributed by atoms with Crippen molar-refractivity contribution in [2.75, 3.05) is 6.61 Å². The van der Waals surface area contributed by atoms with Gasteiger partial charge in [0.15, 0.2) is 6.29 Å². The lowest BCUT2D eigenvalue weighted by molar-refractivity contribution is -0.136. The maximum absolute atomic E-state index is 9.90. The summed E-state index contributed by atoms with van der Waals surface area (Å²) in [7, 11) is 0. The van der Waals surface area contributed by atoms with Gasteiger partial charge in [0.2, 0.25) is 0 Å². The number of aliphatic hydroxyl groups excluding tert-OH is 5. The predicted octanol–water partition coefficient (Wildman–Crippen LogP) is 2.14. The zero-order valence-electron chi connectivity index (χ0n) is 17.5. The Morgan fingerprint density at radius 3 is 1.66 bits per heavy atom. The Bertz CT molecular complexity index is 446. The molecule has 0 aliphatic heterocycles. The second kappa shape index (κ2) is 22.5. The standard InChI is InChI=1S/C16H26O.C6H12O6/c1-3-5-7-9-11-13-15-17-16-14-12-10-8-6-4-2;7-1-3(9)5(11)6(12)4(10)2-8/h9-16H,3-8H2,1-2H3;1,3-6,8-12H,2H2/b11-9+,12-10+,15-13+,16-14+;/t;3-,4+,5+,6+/m.0/s1. The number of ether oxygens (including phenoxy) is 1. The largest absolute Gasteiger partial charge is 0.473 e. The Balaban J connectivity index is 0. The molecule has 0 heterocycles. The maximum Gasteiger partial charge on any atom is 0.151 e. The quantitative estimate of drug-likeness (QED) is 0.120. The van der Waals surface area contributed by atoms with Crippen molar-refractivity contribution in [3.05, 3.63) is 49.0 Å². The van der Waals surface area contributed by atoms with E-state index in [1.807, 2.05) is 24.3 Å². The van der Waals surface area contributed by atoms with Crippen molar-refractivity contribution in [3.8, 4) is 0 Å². The van der Waals surface area contributed by atoms with Crippen molar-refractivity contribution in [3.63, 3.8) is 0 Å². The number of hydrogen-bond donors (Lipinski definition) is 5. The van der Waals surface area contributed by atoms with Gasteiger partial charge in [-0.15, -0.1) is 0 Å². The van der Waals surface area contributed by atoms with Crippen LogP contribution in [-0.2, 0) is 9.53 Å². The third-order valence-corrected chi connectivity index (χ3v) is 3.68. The zero-order valence-corrected chi connectivity index (χ0v) is 17.5. The van der Waals surface area contributed by atoms with Gasteiger partial charge in [-0.25, -0.2) is 0 Å². The van der Waals surface area contributed by atoms with Gasteiger partial charge in [-0.05, 0) is 25.0 Å². The van der Waals surface area contributed by atoms with E-state index < -0.39 is 31.0 Å². The minimum Gasteiger partial charge on any atom is -0.473 e. The fourth-order valence-corrected chi connectivity index (χ4v) is 1.84. The number of carbonyl (C=O) groups is 1. The molecule has 0 saturated carbocycles. The van der Waals surface area contributed by atoms with Crippen molar-refractivity contribution >= 4 is 6.29 Å². The van der Waals surface area contributed by atoms with Crippen molar-refractivity contribution in [2.45, 2.75) is 76.8 Å². The molecule has 0 aliphatic carbocycles. The number of rotatable bonds is 15. The number of aldehydes is 1. The van der Waals surface area contributed by atoms with Gasteiger partial charge in [-0.1, -0.05) is 63.8 Å². The van der Waals surface area contributed by atoms with E-state index >= 15 is 0 Å². The van der Waals surface area contributed by atoms with Crippen LogP contribution < -0.4 is 0 Å². The van der Waals surface area contributed by atoms with E-state index in [4.69, 9.17) is 30.3 Å². The summed E-state index contributed by atoms with van der Waals surface area (Å²) in [5.41, 5.74) is 0. The lowest BCUT2D eigenvalue weighted by atomic mass is 10.0. The summed E-state index contributed by atoms with van der Waals surface area (Å²) in [6, 6.07) is 0. The van der Waals surface area contributed by atoms with Crippen molar-refractivity contribution in [2.24, 2.45) is 0 Å². The van der Waals surface area contributed by atoms with Gasteiger partial charge < -0.3 is 35.1 Å². The van der Waals surface area contributed by atoms with E-state index in [0.29, 0.717) is 0 Å². The van der Waals surface area contributed by atoms with Crippen molar-refractivity contribution < 1.29 is 35.1 Å². The lowest BCUT2D eigenvalue weighted by Crippen LogP contribution is -2.46. The molecular formula is C22H38O7. The molecule has 7 nitrogen and oxygen atoms in total. The van der Waals surface area contributed by atoms with Gasteiger partial charge in [-0.2, -0.15) is 0 Å². The van der Waals surface area contributed by atoms with Crippen LogP contribution in [0, 0.1) is 0 Å². The van der Waals surface area contributed by atoms with Gasteiger partial charge in [0.05, 0.1) is 19.1 Å². The number of carbonyl (C=O) groups excluding carboxylic acids is 1. The molecule has 7 heteroatoms. The molecule has 5 N–H and O–H groups in total. The number of unbranched alkanes of at least 4 members (excludes halogenated alkanes) is 4.